The summed E-state index contributed by atoms with van der Waals surface area (Å²) in [7, 11) is 2.04. The first kappa shape index (κ1) is 19.8. The minimum absolute atomic E-state index is 0.179. The van der Waals surface area contributed by atoms with Crippen molar-refractivity contribution in [3.05, 3.63) is 11.6 Å². The number of fused-ring (bicyclic) bond motifs is 1. The van der Waals surface area contributed by atoms with Crippen LogP contribution in [-0.4, -0.2) is 57.4 Å². The van der Waals surface area contributed by atoms with Gasteiger partial charge in [0.15, 0.2) is 0 Å². The lowest BCUT2D eigenvalue weighted by Crippen LogP contribution is -2.68. The molecule has 3 aliphatic heterocycles. The van der Waals surface area contributed by atoms with Crippen LogP contribution in [0.2, 0.25) is 0 Å². The second-order valence-electron chi connectivity index (χ2n) is 9.17. The van der Waals surface area contributed by atoms with Crippen molar-refractivity contribution in [2.45, 2.75) is 76.6 Å². The summed E-state index contributed by atoms with van der Waals surface area (Å²) in [6, 6.07) is 1.05. The van der Waals surface area contributed by atoms with E-state index in [1.54, 1.807) is 5.57 Å². The van der Waals surface area contributed by atoms with Gasteiger partial charge in [0.05, 0.1) is 12.3 Å². The summed E-state index contributed by atoms with van der Waals surface area (Å²) in [4.78, 5) is 0. The maximum atomic E-state index is 6.27. The first-order chi connectivity index (χ1) is 13.1. The van der Waals surface area contributed by atoms with E-state index in [1.165, 1.54) is 19.3 Å². The van der Waals surface area contributed by atoms with Crippen molar-refractivity contribution >= 4 is 0 Å². The highest BCUT2D eigenvalue weighted by Crippen LogP contribution is 2.43. The van der Waals surface area contributed by atoms with Crippen molar-refractivity contribution in [1.29, 1.82) is 0 Å². The van der Waals surface area contributed by atoms with Crippen molar-refractivity contribution in [3.8, 4) is 0 Å². The molecule has 1 saturated carbocycles. The fraction of sp³-hybridized carbons (Fsp3) is 0.905. The molecule has 0 amide bonds. The molecule has 0 aromatic rings. The lowest BCUT2D eigenvalue weighted by molar-refractivity contribution is 0.0158. The molecule has 2 saturated heterocycles. The van der Waals surface area contributed by atoms with E-state index >= 15 is 0 Å². The summed E-state index contributed by atoms with van der Waals surface area (Å²) in [6.45, 7) is 7.81. The Kier molecular flexibility index (Phi) is 6.52. The van der Waals surface area contributed by atoms with Gasteiger partial charge < -0.3 is 15.4 Å². The normalized spacial score (nSPS) is 45.8. The Balaban J connectivity index is 1.46. The molecule has 3 heterocycles. The van der Waals surface area contributed by atoms with Crippen LogP contribution in [-0.2, 0) is 4.74 Å². The van der Waals surface area contributed by atoms with Crippen LogP contribution < -0.4 is 26.6 Å². The highest BCUT2D eigenvalue weighted by Gasteiger charge is 2.44. The van der Waals surface area contributed by atoms with Gasteiger partial charge in [0.25, 0.3) is 0 Å². The summed E-state index contributed by atoms with van der Waals surface area (Å²) in [5.74, 6) is 1.88. The molecule has 6 nitrogen and oxygen atoms in total. The topological polar surface area (TPSA) is 69.4 Å². The molecule has 0 aromatic heterocycles. The van der Waals surface area contributed by atoms with Crippen LogP contribution in [0.5, 0.6) is 0 Å². The maximum absolute atomic E-state index is 6.27. The largest absolute Gasteiger partial charge is 0.377 e. The van der Waals surface area contributed by atoms with Gasteiger partial charge in [-0.1, -0.05) is 18.6 Å². The van der Waals surface area contributed by atoms with E-state index in [9.17, 15) is 0 Å². The number of rotatable bonds is 4. The van der Waals surface area contributed by atoms with Gasteiger partial charge in [0.1, 0.15) is 6.29 Å². The van der Waals surface area contributed by atoms with E-state index < -0.39 is 0 Å². The van der Waals surface area contributed by atoms with Gasteiger partial charge in [0.2, 0.25) is 0 Å². The standard InChI is InChI=1S/C21H39N5O/c1-13-12-23-7-4-5-17(13)18-11-16(10-15-6-8-27-20(15)18)25-21-24-14(2)9-19(22-3)26-21/h5,13-16,18-26H,4,6-12H2,1-3H3. The molecular weight excluding hydrogens is 338 g/mol. The predicted octanol–water partition coefficient (Wildman–Crippen LogP) is 1.12. The average Bonchev–Trinajstić information content (AvgIpc) is 3.01. The van der Waals surface area contributed by atoms with E-state index in [0.717, 1.165) is 32.5 Å². The van der Waals surface area contributed by atoms with Gasteiger partial charge >= 0.3 is 0 Å². The van der Waals surface area contributed by atoms with Gasteiger partial charge in [-0.3, -0.25) is 16.0 Å². The number of hydrogen-bond donors (Lipinski definition) is 5. The molecule has 5 N–H and O–H groups in total. The van der Waals surface area contributed by atoms with Crippen LogP contribution in [0.3, 0.4) is 0 Å². The van der Waals surface area contributed by atoms with Crippen LogP contribution in [0.25, 0.3) is 0 Å². The molecule has 4 aliphatic rings. The van der Waals surface area contributed by atoms with E-state index in [-0.39, 0.29) is 6.29 Å². The molecule has 4 rings (SSSR count). The molecule has 8 atom stereocenters. The van der Waals surface area contributed by atoms with Gasteiger partial charge in [-0.2, -0.15) is 0 Å². The van der Waals surface area contributed by atoms with Gasteiger partial charge in [-0.05, 0) is 64.5 Å². The van der Waals surface area contributed by atoms with Crippen LogP contribution >= 0.6 is 0 Å². The molecule has 6 heteroatoms. The number of ether oxygens (including phenoxy) is 1. The molecule has 154 valence electrons. The van der Waals surface area contributed by atoms with Crippen LogP contribution in [0.15, 0.2) is 11.6 Å². The van der Waals surface area contributed by atoms with Crippen molar-refractivity contribution in [1.82, 2.24) is 26.6 Å². The Bertz CT molecular complexity index is 527. The molecule has 0 aromatic carbocycles. The quantitative estimate of drug-likeness (QED) is 0.473. The molecular formula is C21H39N5O. The first-order valence-corrected chi connectivity index (χ1v) is 11.1. The number of hydrogen-bond acceptors (Lipinski definition) is 6. The Morgan fingerprint density at radius 2 is 2.04 bits per heavy atom. The Labute approximate surface area is 164 Å². The second-order valence-corrected chi connectivity index (χ2v) is 9.17. The molecule has 0 bridgehead atoms. The maximum Gasteiger partial charge on any atom is 0.113 e. The van der Waals surface area contributed by atoms with Crippen LogP contribution in [0.1, 0.15) is 46.0 Å². The van der Waals surface area contributed by atoms with Gasteiger partial charge in [0, 0.05) is 31.2 Å². The Morgan fingerprint density at radius 1 is 1.15 bits per heavy atom. The van der Waals surface area contributed by atoms with E-state index in [2.05, 4.69) is 46.5 Å². The van der Waals surface area contributed by atoms with Crippen molar-refractivity contribution in [2.24, 2.45) is 17.8 Å². The third kappa shape index (κ3) is 4.57. The Morgan fingerprint density at radius 3 is 2.89 bits per heavy atom. The van der Waals surface area contributed by atoms with Crippen molar-refractivity contribution in [3.63, 3.8) is 0 Å². The highest BCUT2D eigenvalue weighted by atomic mass is 16.5. The summed E-state index contributed by atoms with van der Waals surface area (Å²) in [5.41, 5.74) is 1.65. The van der Waals surface area contributed by atoms with E-state index in [4.69, 9.17) is 4.74 Å². The summed E-state index contributed by atoms with van der Waals surface area (Å²) in [6.07, 6.45) is 9.42. The first-order valence-electron chi connectivity index (χ1n) is 11.1. The molecule has 3 fully saturated rings. The molecule has 1 aliphatic carbocycles. The van der Waals surface area contributed by atoms with E-state index in [0.29, 0.717) is 42.1 Å². The average molecular weight is 378 g/mol. The SMILES string of the molecule is CNC1CC(C)NC(NC2CC3CCOC3C(C3=CCCNCC3C)C2)N1. The number of nitrogens with one attached hydrogen (secondary N) is 5. The van der Waals surface area contributed by atoms with Crippen molar-refractivity contribution in [2.75, 3.05) is 26.7 Å². The van der Waals surface area contributed by atoms with Crippen LogP contribution in [0.4, 0.5) is 0 Å². The zero-order chi connectivity index (χ0) is 18.8. The summed E-state index contributed by atoms with van der Waals surface area (Å²) < 4.78 is 6.27. The lowest BCUT2D eigenvalue weighted by Gasteiger charge is -2.44. The van der Waals surface area contributed by atoms with Crippen molar-refractivity contribution < 1.29 is 4.74 Å². The highest BCUT2D eigenvalue weighted by molar-refractivity contribution is 5.17. The minimum Gasteiger partial charge on any atom is -0.377 e. The van der Waals surface area contributed by atoms with Gasteiger partial charge in [-0.15, -0.1) is 0 Å². The van der Waals surface area contributed by atoms with Crippen LogP contribution in [0, 0.1) is 17.8 Å². The van der Waals surface area contributed by atoms with Gasteiger partial charge in [-0.25, -0.2) is 0 Å². The Hall–Kier alpha value is -0.500. The molecule has 0 spiro atoms. The minimum atomic E-state index is 0.179. The molecule has 8 unspecified atom stereocenters. The second kappa shape index (κ2) is 8.89. The zero-order valence-electron chi connectivity index (χ0n) is 17.3. The monoisotopic (exact) mass is 377 g/mol. The summed E-state index contributed by atoms with van der Waals surface area (Å²) >= 11 is 0. The summed E-state index contributed by atoms with van der Waals surface area (Å²) in [5, 5.41) is 18.2. The smallest absolute Gasteiger partial charge is 0.113 e. The fourth-order valence-corrected chi connectivity index (χ4v) is 5.77. The molecule has 27 heavy (non-hydrogen) atoms. The fourth-order valence-electron chi connectivity index (χ4n) is 5.77. The molecule has 0 radical (unpaired) electrons. The predicted molar refractivity (Wildman–Crippen MR) is 109 cm³/mol. The lowest BCUT2D eigenvalue weighted by atomic mass is 9.70. The third-order valence-electron chi connectivity index (χ3n) is 7.09. The zero-order valence-corrected chi connectivity index (χ0v) is 17.3. The van der Waals surface area contributed by atoms with E-state index in [1.807, 2.05) is 7.05 Å². The third-order valence-corrected chi connectivity index (χ3v) is 7.09.